The van der Waals surface area contributed by atoms with E-state index in [1.54, 1.807) is 6.07 Å². The zero-order chi connectivity index (χ0) is 15.8. The molecule has 3 N–H and O–H groups in total. The first-order valence-electron chi connectivity index (χ1n) is 6.46. The Morgan fingerprint density at radius 1 is 1.38 bits per heavy atom. The molecule has 1 fully saturated rings. The van der Waals surface area contributed by atoms with Crippen molar-refractivity contribution in [1.82, 2.24) is 4.72 Å². The first-order chi connectivity index (χ1) is 9.66. The van der Waals surface area contributed by atoms with E-state index >= 15 is 0 Å². The van der Waals surface area contributed by atoms with Crippen LogP contribution in [0.25, 0.3) is 0 Å². The third-order valence-corrected chi connectivity index (χ3v) is 6.76. The highest BCUT2D eigenvalue weighted by molar-refractivity contribution is 7.91. The molecule has 1 saturated heterocycles. The van der Waals surface area contributed by atoms with Crippen molar-refractivity contribution in [3.8, 4) is 0 Å². The largest absolute Gasteiger partial charge is 0.397 e. The Balaban J connectivity index is 2.35. The van der Waals surface area contributed by atoms with Crippen molar-refractivity contribution in [1.29, 1.82) is 0 Å². The molecule has 0 aromatic heterocycles. The molecule has 0 radical (unpaired) electrons. The van der Waals surface area contributed by atoms with Crippen LogP contribution >= 0.6 is 0 Å². The molecular formula is C12H19N3O4S2. The lowest BCUT2D eigenvalue weighted by atomic mass is 10.2. The summed E-state index contributed by atoms with van der Waals surface area (Å²) in [7, 11) is -5.22. The van der Waals surface area contributed by atoms with E-state index < -0.39 is 19.9 Å². The van der Waals surface area contributed by atoms with Crippen LogP contribution in [-0.2, 0) is 19.9 Å². The summed E-state index contributed by atoms with van der Waals surface area (Å²) in [6.07, 6.45) is 0. The Morgan fingerprint density at radius 3 is 2.57 bits per heavy atom. The van der Waals surface area contributed by atoms with E-state index in [0.717, 1.165) is 0 Å². The Labute approximate surface area is 125 Å². The first kappa shape index (κ1) is 16.1. The fraction of sp³-hybridized carbons (Fsp3) is 0.500. The summed E-state index contributed by atoms with van der Waals surface area (Å²) in [5, 5.41) is 0. The number of sulfone groups is 1. The van der Waals surface area contributed by atoms with E-state index in [9.17, 15) is 16.8 Å². The summed E-state index contributed by atoms with van der Waals surface area (Å²) < 4.78 is 48.9. The van der Waals surface area contributed by atoms with Crippen molar-refractivity contribution in [3.05, 3.63) is 18.2 Å². The molecule has 0 aliphatic carbocycles. The zero-order valence-electron chi connectivity index (χ0n) is 11.9. The van der Waals surface area contributed by atoms with Crippen LogP contribution in [0.1, 0.15) is 6.92 Å². The quantitative estimate of drug-likeness (QED) is 0.741. The Hall–Kier alpha value is -1.32. The van der Waals surface area contributed by atoms with E-state index in [2.05, 4.69) is 4.72 Å². The van der Waals surface area contributed by atoms with Crippen LogP contribution in [-0.4, -0.2) is 48.0 Å². The summed E-state index contributed by atoms with van der Waals surface area (Å²) in [5.41, 5.74) is 6.93. The highest BCUT2D eigenvalue weighted by Crippen LogP contribution is 2.29. The molecule has 0 bridgehead atoms. The molecule has 0 amide bonds. The highest BCUT2D eigenvalue weighted by atomic mass is 32.2. The van der Waals surface area contributed by atoms with Gasteiger partial charge in [-0.15, -0.1) is 0 Å². The molecule has 0 saturated carbocycles. The normalized spacial score (nSPS) is 22.2. The second-order valence-electron chi connectivity index (χ2n) is 5.08. The van der Waals surface area contributed by atoms with E-state index in [4.69, 9.17) is 5.73 Å². The van der Waals surface area contributed by atoms with Gasteiger partial charge in [-0.05, 0) is 32.2 Å². The van der Waals surface area contributed by atoms with Gasteiger partial charge in [0, 0.05) is 12.6 Å². The second kappa shape index (κ2) is 5.47. The molecule has 9 heteroatoms. The number of benzene rings is 1. The van der Waals surface area contributed by atoms with Crippen LogP contribution in [0.2, 0.25) is 0 Å². The van der Waals surface area contributed by atoms with Gasteiger partial charge < -0.3 is 10.6 Å². The summed E-state index contributed by atoms with van der Waals surface area (Å²) in [6, 6.07) is 4.27. The van der Waals surface area contributed by atoms with E-state index in [1.807, 2.05) is 11.8 Å². The minimum Gasteiger partial charge on any atom is -0.397 e. The lowest BCUT2D eigenvalue weighted by Crippen LogP contribution is -2.47. The molecule has 1 aromatic rings. The van der Waals surface area contributed by atoms with Crippen LogP contribution in [0.4, 0.5) is 11.4 Å². The third-order valence-electron chi connectivity index (χ3n) is 3.56. The summed E-state index contributed by atoms with van der Waals surface area (Å²) in [5.74, 6) is 0.149. The molecule has 2 rings (SSSR count). The van der Waals surface area contributed by atoms with Crippen LogP contribution < -0.4 is 15.4 Å². The Morgan fingerprint density at radius 2 is 2.05 bits per heavy atom. The molecule has 1 aliphatic heterocycles. The number of anilines is 2. The van der Waals surface area contributed by atoms with Gasteiger partial charge in [0.05, 0.1) is 27.8 Å². The van der Waals surface area contributed by atoms with Crippen LogP contribution in [0.5, 0.6) is 0 Å². The molecule has 1 heterocycles. The third kappa shape index (κ3) is 3.30. The van der Waals surface area contributed by atoms with Gasteiger partial charge >= 0.3 is 0 Å². The molecule has 0 spiro atoms. The summed E-state index contributed by atoms with van der Waals surface area (Å²) in [4.78, 5) is 1.98. The fourth-order valence-corrected chi connectivity index (χ4v) is 4.76. The molecule has 21 heavy (non-hydrogen) atoms. The van der Waals surface area contributed by atoms with Crippen LogP contribution in [0, 0.1) is 0 Å². The average molecular weight is 333 g/mol. The number of nitrogen functional groups attached to an aromatic ring is 1. The van der Waals surface area contributed by atoms with Crippen molar-refractivity contribution >= 4 is 31.2 Å². The number of hydrogen-bond acceptors (Lipinski definition) is 6. The van der Waals surface area contributed by atoms with Crippen molar-refractivity contribution in [3.63, 3.8) is 0 Å². The van der Waals surface area contributed by atoms with Crippen molar-refractivity contribution in [2.45, 2.75) is 17.9 Å². The number of hydrogen-bond donors (Lipinski definition) is 2. The van der Waals surface area contributed by atoms with Gasteiger partial charge in [0.2, 0.25) is 10.0 Å². The molecule has 7 nitrogen and oxygen atoms in total. The summed E-state index contributed by atoms with van der Waals surface area (Å²) >= 11 is 0. The van der Waals surface area contributed by atoms with Gasteiger partial charge in [0.25, 0.3) is 0 Å². The summed E-state index contributed by atoms with van der Waals surface area (Å²) in [6.45, 7) is 2.17. The van der Waals surface area contributed by atoms with Gasteiger partial charge in [0.15, 0.2) is 9.84 Å². The van der Waals surface area contributed by atoms with E-state index in [0.29, 0.717) is 17.9 Å². The number of nitrogens with zero attached hydrogens (tertiary/aromatic N) is 1. The maximum atomic E-state index is 11.7. The maximum Gasteiger partial charge on any atom is 0.240 e. The van der Waals surface area contributed by atoms with Crippen molar-refractivity contribution in [2.75, 3.05) is 35.7 Å². The lowest BCUT2D eigenvalue weighted by molar-refractivity contribution is 0.568. The van der Waals surface area contributed by atoms with Gasteiger partial charge in [-0.3, -0.25) is 0 Å². The number of rotatable bonds is 3. The average Bonchev–Trinajstić information content (AvgIpc) is 2.38. The second-order valence-corrected chi connectivity index (χ2v) is 9.20. The minimum absolute atomic E-state index is 0.0724. The fourth-order valence-electron chi connectivity index (χ4n) is 2.44. The lowest BCUT2D eigenvalue weighted by Gasteiger charge is -2.35. The van der Waals surface area contributed by atoms with Gasteiger partial charge in [-0.25, -0.2) is 21.6 Å². The van der Waals surface area contributed by atoms with E-state index in [1.165, 1.54) is 19.2 Å². The molecule has 118 valence electrons. The van der Waals surface area contributed by atoms with Gasteiger partial charge in [-0.1, -0.05) is 0 Å². The van der Waals surface area contributed by atoms with Crippen molar-refractivity contribution < 1.29 is 16.8 Å². The van der Waals surface area contributed by atoms with Crippen LogP contribution in [0.15, 0.2) is 23.1 Å². The van der Waals surface area contributed by atoms with Gasteiger partial charge in [-0.2, -0.15) is 0 Å². The SMILES string of the molecule is CNS(=O)(=O)c1ccc(N2CCS(=O)(=O)CC2C)c(N)c1. The van der Waals surface area contributed by atoms with Crippen LogP contribution in [0.3, 0.4) is 0 Å². The minimum atomic E-state index is -3.54. The molecule has 1 atom stereocenters. The Bertz CT molecular complexity index is 744. The zero-order valence-corrected chi connectivity index (χ0v) is 13.5. The topological polar surface area (TPSA) is 110 Å². The standard InChI is InChI=1S/C12H19N3O4S2/c1-9-8-20(16,17)6-5-15(9)12-4-3-10(7-11(12)13)21(18,19)14-2/h3-4,7,9,14H,5-6,8,13H2,1-2H3. The highest BCUT2D eigenvalue weighted by Gasteiger charge is 2.29. The monoisotopic (exact) mass is 333 g/mol. The molecular weight excluding hydrogens is 314 g/mol. The molecule has 1 unspecified atom stereocenters. The molecule has 1 aromatic carbocycles. The predicted octanol–water partition coefficient (Wildman–Crippen LogP) is -0.200. The van der Waals surface area contributed by atoms with E-state index in [-0.39, 0.29) is 22.4 Å². The molecule has 1 aliphatic rings. The number of nitrogens with one attached hydrogen (secondary N) is 1. The maximum absolute atomic E-state index is 11.7. The smallest absolute Gasteiger partial charge is 0.240 e. The number of nitrogens with two attached hydrogens (primary N) is 1. The number of sulfonamides is 1. The van der Waals surface area contributed by atoms with Crippen molar-refractivity contribution in [2.24, 2.45) is 0 Å². The van der Waals surface area contributed by atoms with Gasteiger partial charge in [0.1, 0.15) is 0 Å². The Kier molecular flexibility index (Phi) is 4.18. The first-order valence-corrected chi connectivity index (χ1v) is 9.77. The predicted molar refractivity (Wildman–Crippen MR) is 82.6 cm³/mol.